The van der Waals surface area contributed by atoms with E-state index in [2.05, 4.69) is 36.7 Å². The number of hydrogen-bond donors (Lipinski definition) is 1. The number of piperidine rings is 1. The van der Waals surface area contributed by atoms with Crippen molar-refractivity contribution in [3.8, 4) is 0 Å². The SMILES string of the molecule is CC1CCCN(C(=O)c2cc(Br)cn2C(C)C)C1CO. The molecule has 1 aromatic heterocycles. The molecular formula is C15H23BrN2O2. The molecule has 0 saturated carbocycles. The first kappa shape index (κ1) is 15.6. The minimum absolute atomic E-state index is 0.0231. The Morgan fingerprint density at radius 2 is 2.25 bits per heavy atom. The summed E-state index contributed by atoms with van der Waals surface area (Å²) < 4.78 is 2.90. The molecule has 0 bridgehead atoms. The van der Waals surface area contributed by atoms with Gasteiger partial charge in [0.2, 0.25) is 0 Å². The van der Waals surface area contributed by atoms with Crippen LogP contribution in [0.2, 0.25) is 0 Å². The van der Waals surface area contributed by atoms with Crippen molar-refractivity contribution in [2.75, 3.05) is 13.2 Å². The summed E-state index contributed by atoms with van der Waals surface area (Å²) >= 11 is 3.45. The smallest absolute Gasteiger partial charge is 0.270 e. The Balaban J connectivity index is 2.30. The molecule has 0 spiro atoms. The number of aliphatic hydroxyl groups is 1. The molecule has 1 aliphatic heterocycles. The van der Waals surface area contributed by atoms with Gasteiger partial charge in [-0.15, -0.1) is 0 Å². The summed E-state index contributed by atoms with van der Waals surface area (Å²) in [6.45, 7) is 7.00. The number of likely N-dealkylation sites (tertiary alicyclic amines) is 1. The minimum Gasteiger partial charge on any atom is -0.394 e. The summed E-state index contributed by atoms with van der Waals surface area (Å²) in [7, 11) is 0. The van der Waals surface area contributed by atoms with E-state index in [0.29, 0.717) is 11.6 Å². The summed E-state index contributed by atoms with van der Waals surface area (Å²) in [5.74, 6) is 0.374. The van der Waals surface area contributed by atoms with Gasteiger partial charge in [0.1, 0.15) is 5.69 Å². The van der Waals surface area contributed by atoms with Crippen LogP contribution in [0.15, 0.2) is 16.7 Å². The van der Waals surface area contributed by atoms with E-state index < -0.39 is 0 Å². The normalized spacial score (nSPS) is 23.4. The van der Waals surface area contributed by atoms with E-state index in [4.69, 9.17) is 0 Å². The average Bonchev–Trinajstić information content (AvgIpc) is 2.80. The number of halogens is 1. The maximum absolute atomic E-state index is 12.8. The Morgan fingerprint density at radius 3 is 2.85 bits per heavy atom. The molecule has 2 atom stereocenters. The molecule has 5 heteroatoms. The standard InChI is InChI=1S/C15H23BrN2O2/c1-10(2)18-8-12(16)7-13(18)15(20)17-6-4-5-11(3)14(17)9-19/h7-8,10-11,14,19H,4-6,9H2,1-3H3. The van der Waals surface area contributed by atoms with Gasteiger partial charge in [-0.1, -0.05) is 6.92 Å². The molecule has 20 heavy (non-hydrogen) atoms. The summed E-state index contributed by atoms with van der Waals surface area (Å²) in [4.78, 5) is 14.7. The molecule has 1 amide bonds. The van der Waals surface area contributed by atoms with E-state index in [1.165, 1.54) is 0 Å². The molecule has 0 aromatic carbocycles. The van der Waals surface area contributed by atoms with Gasteiger partial charge in [-0.3, -0.25) is 4.79 Å². The van der Waals surface area contributed by atoms with Gasteiger partial charge in [0.25, 0.3) is 5.91 Å². The maximum atomic E-state index is 12.8. The monoisotopic (exact) mass is 342 g/mol. The first-order chi connectivity index (χ1) is 9.45. The first-order valence-electron chi connectivity index (χ1n) is 7.25. The van der Waals surface area contributed by atoms with Gasteiger partial charge in [0, 0.05) is 23.3 Å². The lowest BCUT2D eigenvalue weighted by Crippen LogP contribution is -2.50. The molecule has 1 aromatic rings. The van der Waals surface area contributed by atoms with E-state index in [1.807, 2.05) is 21.7 Å². The summed E-state index contributed by atoms with van der Waals surface area (Å²) in [6, 6.07) is 2.04. The Bertz CT molecular complexity index is 484. The zero-order valence-corrected chi connectivity index (χ0v) is 13.9. The average molecular weight is 343 g/mol. The zero-order chi connectivity index (χ0) is 14.9. The second-order valence-electron chi connectivity index (χ2n) is 5.91. The molecule has 1 N–H and O–H groups in total. The third-order valence-electron chi connectivity index (χ3n) is 4.15. The molecule has 2 heterocycles. The van der Waals surface area contributed by atoms with Crippen LogP contribution in [0.5, 0.6) is 0 Å². The fourth-order valence-corrected chi connectivity index (χ4v) is 3.41. The van der Waals surface area contributed by atoms with Crippen LogP contribution in [-0.4, -0.2) is 39.7 Å². The predicted molar refractivity (Wildman–Crippen MR) is 82.8 cm³/mol. The van der Waals surface area contributed by atoms with Crippen LogP contribution in [0.1, 0.15) is 50.1 Å². The third kappa shape index (κ3) is 2.93. The fourth-order valence-electron chi connectivity index (χ4n) is 2.97. The van der Waals surface area contributed by atoms with Crippen LogP contribution in [0.4, 0.5) is 0 Å². The Kier molecular flexibility index (Phi) is 4.91. The molecule has 0 aliphatic carbocycles. The van der Waals surface area contributed by atoms with Gasteiger partial charge in [-0.25, -0.2) is 0 Å². The van der Waals surface area contributed by atoms with Crippen molar-refractivity contribution in [2.45, 2.75) is 45.7 Å². The molecule has 4 nitrogen and oxygen atoms in total. The van der Waals surface area contributed by atoms with Gasteiger partial charge >= 0.3 is 0 Å². The van der Waals surface area contributed by atoms with E-state index in [-0.39, 0.29) is 24.6 Å². The van der Waals surface area contributed by atoms with E-state index >= 15 is 0 Å². The Labute approximate surface area is 128 Å². The van der Waals surface area contributed by atoms with Crippen LogP contribution in [0.3, 0.4) is 0 Å². The number of carbonyl (C=O) groups is 1. The molecule has 1 saturated heterocycles. The van der Waals surface area contributed by atoms with Crippen molar-refractivity contribution in [3.05, 3.63) is 22.4 Å². The highest BCUT2D eigenvalue weighted by atomic mass is 79.9. The van der Waals surface area contributed by atoms with Crippen LogP contribution in [0.25, 0.3) is 0 Å². The van der Waals surface area contributed by atoms with Gasteiger partial charge in [0.15, 0.2) is 0 Å². The van der Waals surface area contributed by atoms with Gasteiger partial charge in [-0.2, -0.15) is 0 Å². The Hall–Kier alpha value is -0.810. The van der Waals surface area contributed by atoms with Crippen molar-refractivity contribution >= 4 is 21.8 Å². The number of aromatic nitrogens is 1. The number of carbonyl (C=O) groups excluding carboxylic acids is 1. The fraction of sp³-hybridized carbons (Fsp3) is 0.667. The number of rotatable bonds is 3. The maximum Gasteiger partial charge on any atom is 0.270 e. The largest absolute Gasteiger partial charge is 0.394 e. The number of nitrogens with zero attached hydrogens (tertiary/aromatic N) is 2. The van der Waals surface area contributed by atoms with Crippen LogP contribution >= 0.6 is 15.9 Å². The van der Waals surface area contributed by atoms with Crippen molar-refractivity contribution < 1.29 is 9.90 Å². The molecule has 2 unspecified atom stereocenters. The summed E-state index contributed by atoms with van der Waals surface area (Å²) in [5.41, 5.74) is 0.694. The minimum atomic E-state index is -0.0643. The van der Waals surface area contributed by atoms with E-state index in [0.717, 1.165) is 23.9 Å². The first-order valence-corrected chi connectivity index (χ1v) is 8.04. The zero-order valence-electron chi connectivity index (χ0n) is 12.3. The summed E-state index contributed by atoms with van der Waals surface area (Å²) in [5, 5.41) is 9.60. The lowest BCUT2D eigenvalue weighted by Gasteiger charge is -2.39. The van der Waals surface area contributed by atoms with Crippen molar-refractivity contribution in [3.63, 3.8) is 0 Å². The molecule has 1 aliphatic rings. The Morgan fingerprint density at radius 1 is 1.55 bits per heavy atom. The van der Waals surface area contributed by atoms with E-state index in [9.17, 15) is 9.90 Å². The lowest BCUT2D eigenvalue weighted by molar-refractivity contribution is 0.0348. The van der Waals surface area contributed by atoms with E-state index in [1.54, 1.807) is 0 Å². The highest BCUT2D eigenvalue weighted by molar-refractivity contribution is 9.10. The van der Waals surface area contributed by atoms with Crippen molar-refractivity contribution in [1.29, 1.82) is 0 Å². The van der Waals surface area contributed by atoms with Crippen LogP contribution in [0, 0.1) is 5.92 Å². The third-order valence-corrected chi connectivity index (χ3v) is 4.59. The second kappa shape index (κ2) is 6.31. The molecule has 112 valence electrons. The number of aliphatic hydroxyl groups excluding tert-OH is 1. The number of amides is 1. The molecule has 0 radical (unpaired) electrons. The van der Waals surface area contributed by atoms with Gasteiger partial charge in [-0.05, 0) is 54.6 Å². The second-order valence-corrected chi connectivity index (χ2v) is 6.83. The molecule has 2 rings (SSSR count). The lowest BCUT2D eigenvalue weighted by atomic mass is 9.91. The van der Waals surface area contributed by atoms with Gasteiger partial charge in [0.05, 0.1) is 12.6 Å². The predicted octanol–water partition coefficient (Wildman–Crippen LogP) is 3.06. The van der Waals surface area contributed by atoms with Crippen molar-refractivity contribution in [2.24, 2.45) is 5.92 Å². The summed E-state index contributed by atoms with van der Waals surface area (Å²) in [6.07, 6.45) is 4.02. The highest BCUT2D eigenvalue weighted by Crippen LogP contribution is 2.27. The van der Waals surface area contributed by atoms with Crippen LogP contribution in [-0.2, 0) is 0 Å². The molecule has 1 fully saturated rings. The van der Waals surface area contributed by atoms with Crippen LogP contribution < -0.4 is 0 Å². The quantitative estimate of drug-likeness (QED) is 0.917. The molecular weight excluding hydrogens is 320 g/mol. The van der Waals surface area contributed by atoms with Crippen molar-refractivity contribution in [1.82, 2.24) is 9.47 Å². The van der Waals surface area contributed by atoms with Gasteiger partial charge < -0.3 is 14.6 Å². The highest BCUT2D eigenvalue weighted by Gasteiger charge is 2.33. The number of hydrogen-bond acceptors (Lipinski definition) is 2. The topological polar surface area (TPSA) is 45.5 Å².